The van der Waals surface area contributed by atoms with Crippen molar-refractivity contribution >= 4 is 22.9 Å². The second kappa shape index (κ2) is 8.60. The molecule has 0 spiro atoms. The monoisotopic (exact) mass is 350 g/mol. The van der Waals surface area contributed by atoms with Crippen molar-refractivity contribution in [3.8, 4) is 0 Å². The van der Waals surface area contributed by atoms with Crippen LogP contribution < -0.4 is 10.6 Å². The van der Waals surface area contributed by atoms with Crippen LogP contribution in [0.1, 0.15) is 29.0 Å². The number of amides is 1. The first-order chi connectivity index (χ1) is 12.3. The SMILES string of the molecule is CCc1cccc(NC(=O)CN[C@@H](c2ccccc2)c2cccs2)c1. The molecule has 1 amide bonds. The van der Waals surface area contributed by atoms with Crippen molar-refractivity contribution in [3.05, 3.63) is 88.1 Å². The van der Waals surface area contributed by atoms with Crippen LogP contribution in [0.25, 0.3) is 0 Å². The number of thiophene rings is 1. The van der Waals surface area contributed by atoms with Crippen LogP contribution in [-0.2, 0) is 11.2 Å². The molecule has 0 saturated carbocycles. The topological polar surface area (TPSA) is 41.1 Å². The molecule has 0 saturated heterocycles. The van der Waals surface area contributed by atoms with E-state index in [1.807, 2.05) is 42.5 Å². The number of carbonyl (C=O) groups is 1. The van der Waals surface area contributed by atoms with Crippen molar-refractivity contribution in [2.75, 3.05) is 11.9 Å². The summed E-state index contributed by atoms with van der Waals surface area (Å²) in [5.74, 6) is -0.0364. The molecule has 3 aromatic rings. The number of aryl methyl sites for hydroxylation is 1. The van der Waals surface area contributed by atoms with Crippen molar-refractivity contribution in [1.82, 2.24) is 5.32 Å². The lowest BCUT2D eigenvalue weighted by Crippen LogP contribution is -2.31. The molecule has 128 valence electrons. The molecule has 1 atom stereocenters. The molecule has 0 bridgehead atoms. The van der Waals surface area contributed by atoms with Gasteiger partial charge in [0.05, 0.1) is 12.6 Å². The maximum atomic E-state index is 12.3. The van der Waals surface area contributed by atoms with Gasteiger partial charge in [0.2, 0.25) is 5.91 Å². The Morgan fingerprint density at radius 3 is 2.60 bits per heavy atom. The van der Waals surface area contributed by atoms with Gasteiger partial charge in [-0.1, -0.05) is 55.5 Å². The number of carbonyl (C=O) groups excluding carboxylic acids is 1. The van der Waals surface area contributed by atoms with E-state index in [1.165, 1.54) is 10.4 Å². The molecule has 0 aliphatic carbocycles. The van der Waals surface area contributed by atoms with Gasteiger partial charge in [-0.15, -0.1) is 11.3 Å². The molecule has 3 rings (SSSR count). The van der Waals surface area contributed by atoms with Gasteiger partial charge in [-0.3, -0.25) is 10.1 Å². The Kier molecular flexibility index (Phi) is 5.99. The lowest BCUT2D eigenvalue weighted by atomic mass is 10.1. The molecule has 3 nitrogen and oxygen atoms in total. The van der Waals surface area contributed by atoms with Crippen LogP contribution in [0.3, 0.4) is 0 Å². The van der Waals surface area contributed by atoms with Gasteiger partial charge in [0.25, 0.3) is 0 Å². The Labute approximate surface area is 152 Å². The van der Waals surface area contributed by atoms with Crippen molar-refractivity contribution in [3.63, 3.8) is 0 Å². The summed E-state index contributed by atoms with van der Waals surface area (Å²) in [5, 5.41) is 8.41. The first-order valence-electron chi connectivity index (χ1n) is 8.47. The van der Waals surface area contributed by atoms with E-state index >= 15 is 0 Å². The summed E-state index contributed by atoms with van der Waals surface area (Å²) in [4.78, 5) is 13.5. The highest BCUT2D eigenvalue weighted by atomic mass is 32.1. The summed E-state index contributed by atoms with van der Waals surface area (Å²) < 4.78 is 0. The van der Waals surface area contributed by atoms with Crippen LogP contribution >= 0.6 is 11.3 Å². The summed E-state index contributed by atoms with van der Waals surface area (Å²) in [7, 11) is 0. The summed E-state index contributed by atoms with van der Waals surface area (Å²) in [6, 6.07) is 22.3. The average molecular weight is 350 g/mol. The lowest BCUT2D eigenvalue weighted by Gasteiger charge is -2.18. The Hall–Kier alpha value is -2.43. The van der Waals surface area contributed by atoms with E-state index in [4.69, 9.17) is 0 Å². The third-order valence-corrected chi connectivity index (χ3v) is 4.98. The van der Waals surface area contributed by atoms with E-state index in [0.717, 1.165) is 17.7 Å². The minimum Gasteiger partial charge on any atom is -0.325 e. The zero-order chi connectivity index (χ0) is 17.5. The smallest absolute Gasteiger partial charge is 0.238 e. The Balaban J connectivity index is 1.66. The fourth-order valence-electron chi connectivity index (χ4n) is 2.75. The number of hydrogen-bond donors (Lipinski definition) is 2. The highest BCUT2D eigenvalue weighted by molar-refractivity contribution is 7.10. The predicted octanol–water partition coefficient (Wildman–Crippen LogP) is 4.63. The van der Waals surface area contributed by atoms with E-state index in [9.17, 15) is 4.79 Å². The van der Waals surface area contributed by atoms with E-state index < -0.39 is 0 Å². The van der Waals surface area contributed by atoms with Crippen molar-refractivity contribution in [1.29, 1.82) is 0 Å². The number of nitrogens with one attached hydrogen (secondary N) is 2. The molecule has 2 N–H and O–H groups in total. The van der Waals surface area contributed by atoms with Gasteiger partial charge in [-0.25, -0.2) is 0 Å². The van der Waals surface area contributed by atoms with Crippen molar-refractivity contribution in [2.45, 2.75) is 19.4 Å². The molecule has 2 aromatic carbocycles. The third-order valence-electron chi connectivity index (χ3n) is 4.05. The molecule has 1 heterocycles. The molecule has 0 aliphatic rings. The minimum atomic E-state index is -0.0364. The van der Waals surface area contributed by atoms with Crippen LogP contribution in [-0.4, -0.2) is 12.5 Å². The third kappa shape index (κ3) is 4.78. The summed E-state index contributed by atoms with van der Waals surface area (Å²) in [6.45, 7) is 2.36. The maximum Gasteiger partial charge on any atom is 0.238 e. The number of benzene rings is 2. The minimum absolute atomic E-state index is 0.0222. The highest BCUT2D eigenvalue weighted by Gasteiger charge is 2.15. The molecule has 25 heavy (non-hydrogen) atoms. The van der Waals surface area contributed by atoms with Crippen LogP contribution in [0.4, 0.5) is 5.69 Å². The first-order valence-corrected chi connectivity index (χ1v) is 9.34. The molecule has 1 aromatic heterocycles. The maximum absolute atomic E-state index is 12.3. The zero-order valence-electron chi connectivity index (χ0n) is 14.2. The number of hydrogen-bond acceptors (Lipinski definition) is 3. The molecule has 0 aliphatic heterocycles. The quantitative estimate of drug-likeness (QED) is 0.652. The molecule has 0 fully saturated rings. The van der Waals surface area contributed by atoms with Crippen LogP contribution in [0, 0.1) is 0 Å². The highest BCUT2D eigenvalue weighted by Crippen LogP contribution is 2.25. The Bertz CT molecular complexity index is 800. The summed E-state index contributed by atoms with van der Waals surface area (Å²) in [5.41, 5.74) is 3.22. The second-order valence-corrected chi connectivity index (χ2v) is 6.82. The van der Waals surface area contributed by atoms with Crippen molar-refractivity contribution < 1.29 is 4.79 Å². The van der Waals surface area contributed by atoms with Gasteiger partial charge in [-0.05, 0) is 41.1 Å². The fourth-order valence-corrected chi connectivity index (χ4v) is 3.58. The predicted molar refractivity (Wildman–Crippen MR) is 105 cm³/mol. The van der Waals surface area contributed by atoms with Gasteiger partial charge in [0.1, 0.15) is 0 Å². The van der Waals surface area contributed by atoms with Gasteiger partial charge >= 0.3 is 0 Å². The first kappa shape index (κ1) is 17.4. The summed E-state index contributed by atoms with van der Waals surface area (Å²) >= 11 is 1.69. The van der Waals surface area contributed by atoms with Gasteiger partial charge < -0.3 is 5.32 Å². The van der Waals surface area contributed by atoms with Gasteiger partial charge in [0, 0.05) is 10.6 Å². The standard InChI is InChI=1S/C21H22N2OS/c1-2-16-8-6-11-18(14-16)23-20(24)15-22-21(19-12-7-13-25-19)17-9-4-3-5-10-17/h3-14,21-22H,2,15H2,1H3,(H,23,24)/t21-/m0/s1. The van der Waals surface area contributed by atoms with Crippen LogP contribution in [0.5, 0.6) is 0 Å². The van der Waals surface area contributed by atoms with Gasteiger partial charge in [0.15, 0.2) is 0 Å². The van der Waals surface area contributed by atoms with Crippen LogP contribution in [0.15, 0.2) is 72.1 Å². The Morgan fingerprint density at radius 2 is 1.88 bits per heavy atom. The lowest BCUT2D eigenvalue weighted by molar-refractivity contribution is -0.115. The van der Waals surface area contributed by atoms with E-state index in [-0.39, 0.29) is 18.5 Å². The van der Waals surface area contributed by atoms with E-state index in [1.54, 1.807) is 11.3 Å². The largest absolute Gasteiger partial charge is 0.325 e. The average Bonchev–Trinajstić information content (AvgIpc) is 3.17. The fraction of sp³-hybridized carbons (Fsp3) is 0.190. The van der Waals surface area contributed by atoms with E-state index in [2.05, 4.69) is 47.2 Å². The van der Waals surface area contributed by atoms with Crippen molar-refractivity contribution in [2.24, 2.45) is 0 Å². The molecule has 4 heteroatoms. The molecular formula is C21H22N2OS. The number of rotatable bonds is 7. The molecule has 0 unspecified atom stereocenters. The second-order valence-electron chi connectivity index (χ2n) is 5.84. The van der Waals surface area contributed by atoms with Gasteiger partial charge in [-0.2, -0.15) is 0 Å². The Morgan fingerprint density at radius 1 is 1.04 bits per heavy atom. The normalized spacial score (nSPS) is 11.9. The van der Waals surface area contributed by atoms with Crippen LogP contribution in [0.2, 0.25) is 0 Å². The molecular weight excluding hydrogens is 328 g/mol. The zero-order valence-corrected chi connectivity index (χ0v) is 15.1. The molecule has 0 radical (unpaired) electrons. The van der Waals surface area contributed by atoms with E-state index in [0.29, 0.717) is 0 Å². The number of anilines is 1. The summed E-state index contributed by atoms with van der Waals surface area (Å²) in [6.07, 6.45) is 0.955.